The van der Waals surface area contributed by atoms with E-state index in [2.05, 4.69) is 53.5 Å². The van der Waals surface area contributed by atoms with Crippen LogP contribution in [0.5, 0.6) is 23.0 Å². The summed E-state index contributed by atoms with van der Waals surface area (Å²) in [7, 11) is 6.42. The van der Waals surface area contributed by atoms with Gasteiger partial charge in [0.2, 0.25) is 0 Å². The van der Waals surface area contributed by atoms with E-state index in [4.69, 9.17) is 23.9 Å². The summed E-state index contributed by atoms with van der Waals surface area (Å²) in [5, 5.41) is 35.3. The highest BCUT2D eigenvalue weighted by Gasteiger charge is 2.18. The first-order valence-corrected chi connectivity index (χ1v) is 22.0. The number of hydrogen-bond donors (Lipinski definition) is 3. The van der Waals surface area contributed by atoms with Crippen LogP contribution in [0, 0.1) is 20.2 Å². The molecule has 6 rings (SSSR count). The van der Waals surface area contributed by atoms with Crippen LogP contribution < -0.4 is 34.9 Å². The number of benzene rings is 4. The fourth-order valence-corrected chi connectivity index (χ4v) is 7.77. The Morgan fingerprint density at radius 2 is 1.14 bits per heavy atom. The number of nitro benzene ring substituents is 2. The lowest BCUT2D eigenvalue weighted by Gasteiger charge is -2.17. The second-order valence-electron chi connectivity index (χ2n) is 13.4. The summed E-state index contributed by atoms with van der Waals surface area (Å²) in [6, 6.07) is 24.6. The van der Waals surface area contributed by atoms with Gasteiger partial charge in [0.1, 0.15) is 0 Å². The van der Waals surface area contributed by atoms with Gasteiger partial charge in [0.25, 0.3) is 11.4 Å². The van der Waals surface area contributed by atoms with Gasteiger partial charge in [0.05, 0.1) is 49.7 Å². The molecule has 0 unspecified atom stereocenters. The highest BCUT2D eigenvalue weighted by molar-refractivity contribution is 7.16. The number of thiazole rings is 2. The zero-order valence-corrected chi connectivity index (χ0v) is 38.6. The van der Waals surface area contributed by atoms with Gasteiger partial charge in [-0.1, -0.05) is 64.1 Å². The number of ether oxygens (including phenoxy) is 4. The molecule has 6 aromatic rings. The first-order valence-electron chi connectivity index (χ1n) is 20.3. The third kappa shape index (κ3) is 14.6. The molecule has 0 aliphatic carbocycles. The zero-order chi connectivity index (χ0) is 45.7. The van der Waals surface area contributed by atoms with Crippen LogP contribution in [0.25, 0.3) is 22.5 Å². The number of methoxy groups -OCH3 is 4. The zero-order valence-electron chi connectivity index (χ0n) is 36.9. The van der Waals surface area contributed by atoms with E-state index >= 15 is 0 Å². The minimum absolute atomic E-state index is 0.0512. The first kappa shape index (κ1) is 49.3. The van der Waals surface area contributed by atoms with Crippen LogP contribution in [0.1, 0.15) is 43.7 Å². The van der Waals surface area contributed by atoms with Crippen LogP contribution in [0.3, 0.4) is 0 Å². The summed E-state index contributed by atoms with van der Waals surface area (Å²) < 4.78 is 21.2. The lowest BCUT2D eigenvalue weighted by atomic mass is 10.1. The predicted molar refractivity (Wildman–Crippen MR) is 253 cm³/mol. The molecule has 336 valence electrons. The van der Waals surface area contributed by atoms with E-state index in [0.29, 0.717) is 41.8 Å². The Morgan fingerprint density at radius 1 is 0.635 bits per heavy atom. The second kappa shape index (κ2) is 25.6. The van der Waals surface area contributed by atoms with E-state index in [1.807, 2.05) is 47.8 Å². The lowest BCUT2D eigenvalue weighted by Crippen LogP contribution is -2.21. The van der Waals surface area contributed by atoms with Crippen LogP contribution in [-0.2, 0) is 19.6 Å². The van der Waals surface area contributed by atoms with Crippen molar-refractivity contribution < 1.29 is 28.8 Å². The predicted octanol–water partition coefficient (Wildman–Crippen LogP) is 10.2. The second-order valence-corrected chi connectivity index (χ2v) is 15.4. The number of non-ortho nitro benzene ring substituents is 2. The van der Waals surface area contributed by atoms with Crippen LogP contribution in [0.2, 0.25) is 0 Å². The molecule has 0 radical (unpaired) electrons. The summed E-state index contributed by atoms with van der Waals surface area (Å²) in [4.78, 5) is 34.0. The quantitative estimate of drug-likeness (QED) is 0.0485. The SMILES string of the molecule is CCN(CC)Cc1sc(NCc2ccc(OC)c(OC)c2)nc1-c1cccc([N+](=O)[O-])c1.CCNCC.COc1ccc(CNc2nc(-c3cccc([N+](=O)[O-])c3)cs2)cc1OC. The minimum atomic E-state index is -0.411. The van der Waals surface area contributed by atoms with Crippen molar-refractivity contribution in [3.05, 3.63) is 127 Å². The van der Waals surface area contributed by atoms with E-state index in [9.17, 15) is 20.2 Å². The van der Waals surface area contributed by atoms with Crippen LogP contribution in [0.15, 0.2) is 90.3 Å². The van der Waals surface area contributed by atoms with Crippen molar-refractivity contribution in [1.29, 1.82) is 0 Å². The molecule has 0 fully saturated rings. The molecule has 18 heteroatoms. The fourth-order valence-electron chi connectivity index (χ4n) is 6.03. The fraction of sp³-hybridized carbons (Fsp3) is 0.333. The Labute approximate surface area is 376 Å². The van der Waals surface area contributed by atoms with Gasteiger partial charge in [-0.3, -0.25) is 25.1 Å². The summed E-state index contributed by atoms with van der Waals surface area (Å²) >= 11 is 3.02. The highest BCUT2D eigenvalue weighted by Crippen LogP contribution is 2.35. The first-order chi connectivity index (χ1) is 30.5. The van der Waals surface area contributed by atoms with E-state index in [-0.39, 0.29) is 16.3 Å². The maximum atomic E-state index is 11.3. The normalized spacial score (nSPS) is 10.5. The molecular weight excluding hydrogens is 845 g/mol. The number of aromatic nitrogens is 2. The smallest absolute Gasteiger partial charge is 0.270 e. The molecule has 0 aliphatic heterocycles. The van der Waals surface area contributed by atoms with Gasteiger partial charge in [-0.15, -0.1) is 22.7 Å². The van der Waals surface area contributed by atoms with Gasteiger partial charge in [-0.2, -0.15) is 0 Å². The summed E-state index contributed by atoms with van der Waals surface area (Å²) in [5.41, 5.74) is 5.11. The summed E-state index contributed by atoms with van der Waals surface area (Å²) in [6.45, 7) is 14.3. The molecule has 0 bridgehead atoms. The maximum Gasteiger partial charge on any atom is 0.270 e. The average molecular weight is 901 g/mol. The monoisotopic (exact) mass is 900 g/mol. The molecule has 4 aromatic carbocycles. The Morgan fingerprint density at radius 3 is 1.62 bits per heavy atom. The number of nitro groups is 2. The Balaban J connectivity index is 0.000000254. The molecule has 2 heterocycles. The molecule has 63 heavy (non-hydrogen) atoms. The molecule has 0 spiro atoms. The van der Waals surface area contributed by atoms with Crippen LogP contribution >= 0.6 is 22.7 Å². The van der Waals surface area contributed by atoms with E-state index in [1.54, 1.807) is 64.0 Å². The molecule has 0 saturated heterocycles. The molecule has 0 saturated carbocycles. The third-order valence-electron chi connectivity index (χ3n) is 9.43. The van der Waals surface area contributed by atoms with E-state index in [1.165, 1.54) is 29.5 Å². The number of nitrogens with zero attached hydrogens (tertiary/aromatic N) is 5. The van der Waals surface area contributed by atoms with Crippen molar-refractivity contribution >= 4 is 44.3 Å². The van der Waals surface area contributed by atoms with Crippen molar-refractivity contribution in [1.82, 2.24) is 20.2 Å². The summed E-state index contributed by atoms with van der Waals surface area (Å²) in [6.07, 6.45) is 0. The average Bonchev–Trinajstić information content (AvgIpc) is 3.97. The Bertz CT molecular complexity index is 2370. The summed E-state index contributed by atoms with van der Waals surface area (Å²) in [5.74, 6) is 2.70. The Hall–Kier alpha value is -6.34. The maximum absolute atomic E-state index is 11.3. The number of nitrogens with one attached hydrogen (secondary N) is 3. The minimum Gasteiger partial charge on any atom is -0.493 e. The van der Waals surface area contributed by atoms with Crippen molar-refractivity contribution in [2.24, 2.45) is 0 Å². The van der Waals surface area contributed by atoms with Gasteiger partial charge in [-0.25, -0.2) is 9.97 Å². The van der Waals surface area contributed by atoms with E-state index in [0.717, 1.165) is 75.8 Å². The van der Waals surface area contributed by atoms with Crippen molar-refractivity contribution in [2.45, 2.75) is 47.3 Å². The molecule has 3 N–H and O–H groups in total. The Kier molecular flexibility index (Phi) is 20.0. The molecule has 0 amide bonds. The molecule has 0 atom stereocenters. The molecule has 2 aromatic heterocycles. The highest BCUT2D eigenvalue weighted by atomic mass is 32.1. The van der Waals surface area contributed by atoms with Crippen LogP contribution in [0.4, 0.5) is 21.6 Å². The lowest BCUT2D eigenvalue weighted by molar-refractivity contribution is -0.385. The van der Waals surface area contributed by atoms with Gasteiger partial charge in [0, 0.05) is 65.3 Å². The largest absolute Gasteiger partial charge is 0.493 e. The van der Waals surface area contributed by atoms with Crippen LogP contribution in [-0.4, -0.2) is 79.3 Å². The number of anilines is 2. The topological polar surface area (TPSA) is 188 Å². The molecule has 0 aliphatic rings. The standard InChI is InChI=1S/C23H28N4O4S.C18H17N3O4S.C4H11N/c1-5-26(6-2)15-21-22(17-8-7-9-18(13-17)27(28)29)25-23(32-21)24-14-16-10-11-19(30-3)20(12-16)31-4;1-24-16-7-6-12(8-17(16)25-2)10-19-18-20-15(11-26-18)13-4-3-5-14(9-13)21(22)23;1-3-5-4-2/h7-13H,5-6,14-15H2,1-4H3,(H,24,25);3-9,11H,10H2,1-2H3,(H,19,20);5H,3-4H2,1-2H3. The number of rotatable bonds is 20. The van der Waals surface area contributed by atoms with E-state index < -0.39 is 4.92 Å². The van der Waals surface area contributed by atoms with Crippen molar-refractivity contribution in [3.8, 4) is 45.5 Å². The van der Waals surface area contributed by atoms with Gasteiger partial charge in [0.15, 0.2) is 33.3 Å². The van der Waals surface area contributed by atoms with Crippen molar-refractivity contribution in [2.75, 3.05) is 65.3 Å². The van der Waals surface area contributed by atoms with Crippen molar-refractivity contribution in [3.63, 3.8) is 0 Å². The molecule has 16 nitrogen and oxygen atoms in total. The van der Waals surface area contributed by atoms with Gasteiger partial charge >= 0.3 is 0 Å². The molecular formula is C45H56N8O8S2. The third-order valence-corrected chi connectivity index (χ3v) is 11.2. The number of hydrogen-bond acceptors (Lipinski definition) is 16. The van der Waals surface area contributed by atoms with Gasteiger partial charge < -0.3 is 34.9 Å². The van der Waals surface area contributed by atoms with Gasteiger partial charge in [-0.05, 0) is 61.6 Å².